The highest BCUT2D eigenvalue weighted by molar-refractivity contribution is 5.91. The summed E-state index contributed by atoms with van der Waals surface area (Å²) >= 11 is 0. The molecule has 3 amide bonds. The summed E-state index contributed by atoms with van der Waals surface area (Å²) in [7, 11) is 0. The molecule has 1 aromatic rings. The molecule has 8 nitrogen and oxygen atoms in total. The first kappa shape index (κ1) is 19.1. The molecule has 1 aliphatic heterocycles. The van der Waals surface area contributed by atoms with Crippen LogP contribution in [0, 0.1) is 5.92 Å². The Labute approximate surface area is 141 Å². The van der Waals surface area contributed by atoms with Gasteiger partial charge in [-0.15, -0.1) is 12.4 Å². The van der Waals surface area contributed by atoms with Gasteiger partial charge in [0.05, 0.1) is 12.2 Å². The van der Waals surface area contributed by atoms with Gasteiger partial charge >= 0.3 is 6.03 Å². The summed E-state index contributed by atoms with van der Waals surface area (Å²) in [6.45, 7) is 4.89. The van der Waals surface area contributed by atoms with E-state index in [1.54, 1.807) is 0 Å². The van der Waals surface area contributed by atoms with Gasteiger partial charge in [-0.3, -0.25) is 15.1 Å². The van der Waals surface area contributed by atoms with Gasteiger partial charge in [0.1, 0.15) is 0 Å². The Kier molecular flexibility index (Phi) is 7.18. The van der Waals surface area contributed by atoms with Gasteiger partial charge in [-0.25, -0.2) is 19.8 Å². The minimum atomic E-state index is -0.602. The number of nitrogens with two attached hydrogens (primary N) is 1. The number of nitrogens with zero attached hydrogens (tertiary/aromatic N) is 4. The summed E-state index contributed by atoms with van der Waals surface area (Å²) in [5.74, 6) is 0.192. The fraction of sp³-hybridized carbons (Fsp3) is 0.571. The van der Waals surface area contributed by atoms with Crippen molar-refractivity contribution in [2.75, 3.05) is 18.4 Å². The summed E-state index contributed by atoms with van der Waals surface area (Å²) < 4.78 is 0. The highest BCUT2D eigenvalue weighted by atomic mass is 35.5. The average molecular weight is 343 g/mol. The molecule has 9 heteroatoms. The molecule has 3 N–H and O–H groups in total. The molecule has 23 heavy (non-hydrogen) atoms. The third-order valence-electron chi connectivity index (χ3n) is 3.86. The second kappa shape index (κ2) is 8.64. The van der Waals surface area contributed by atoms with Crippen molar-refractivity contribution in [3.8, 4) is 0 Å². The molecule has 2 atom stereocenters. The lowest BCUT2D eigenvalue weighted by Gasteiger charge is -2.31. The molecule has 0 saturated carbocycles. The fourth-order valence-electron chi connectivity index (χ4n) is 2.26. The van der Waals surface area contributed by atoms with Crippen molar-refractivity contribution in [3.05, 3.63) is 18.6 Å². The monoisotopic (exact) mass is 342 g/mol. The highest BCUT2D eigenvalue weighted by Crippen LogP contribution is 2.16. The smallest absolute Gasteiger partial charge is 0.320 e. The van der Waals surface area contributed by atoms with Gasteiger partial charge in [-0.05, 0) is 12.3 Å². The van der Waals surface area contributed by atoms with Gasteiger partial charge in [0.25, 0.3) is 5.91 Å². The molecule has 0 aromatic carbocycles. The molecule has 1 aromatic heterocycles. The quantitative estimate of drug-likeness (QED) is 0.857. The Morgan fingerprint density at radius 1 is 1.35 bits per heavy atom. The zero-order valence-electron chi connectivity index (χ0n) is 13.3. The van der Waals surface area contributed by atoms with Crippen LogP contribution in [0.1, 0.15) is 26.7 Å². The van der Waals surface area contributed by atoms with Crippen molar-refractivity contribution < 1.29 is 9.59 Å². The summed E-state index contributed by atoms with van der Waals surface area (Å²) in [5, 5.41) is 5.45. The number of urea groups is 1. The van der Waals surface area contributed by atoms with Crippen molar-refractivity contribution in [3.63, 3.8) is 0 Å². The van der Waals surface area contributed by atoms with E-state index in [1.807, 2.05) is 13.8 Å². The number of aromatic nitrogens is 2. The van der Waals surface area contributed by atoms with Crippen LogP contribution in [0.25, 0.3) is 0 Å². The number of hydrogen-bond acceptors (Lipinski definition) is 5. The maximum Gasteiger partial charge on any atom is 0.341 e. The molecule has 128 valence electrons. The van der Waals surface area contributed by atoms with Gasteiger partial charge in [-0.2, -0.15) is 0 Å². The van der Waals surface area contributed by atoms with Crippen molar-refractivity contribution in [1.82, 2.24) is 20.0 Å². The van der Waals surface area contributed by atoms with Crippen LogP contribution in [0.3, 0.4) is 0 Å². The van der Waals surface area contributed by atoms with Gasteiger partial charge < -0.3 is 5.73 Å². The third kappa shape index (κ3) is 4.52. The lowest BCUT2D eigenvalue weighted by Crippen LogP contribution is -2.53. The van der Waals surface area contributed by atoms with Crippen LogP contribution in [0.15, 0.2) is 18.6 Å². The second-order valence-electron chi connectivity index (χ2n) is 5.37. The molecule has 1 aliphatic rings. The van der Waals surface area contributed by atoms with Crippen molar-refractivity contribution in [1.29, 1.82) is 0 Å². The van der Waals surface area contributed by atoms with E-state index in [1.165, 1.54) is 28.6 Å². The lowest BCUT2D eigenvalue weighted by atomic mass is 9.99. The Morgan fingerprint density at radius 2 is 2.04 bits per heavy atom. The van der Waals surface area contributed by atoms with Crippen LogP contribution >= 0.6 is 12.4 Å². The largest absolute Gasteiger partial charge is 0.341 e. The third-order valence-corrected chi connectivity index (χ3v) is 3.86. The average Bonchev–Trinajstić information content (AvgIpc) is 3.03. The van der Waals surface area contributed by atoms with Crippen LogP contribution in [-0.2, 0) is 4.79 Å². The van der Waals surface area contributed by atoms with Crippen LogP contribution in [0.2, 0.25) is 0 Å². The maximum absolute atomic E-state index is 12.5. The molecule has 2 heterocycles. The summed E-state index contributed by atoms with van der Waals surface area (Å²) in [6.07, 6.45) is 6.00. The van der Waals surface area contributed by atoms with Crippen molar-refractivity contribution in [2.24, 2.45) is 11.7 Å². The zero-order chi connectivity index (χ0) is 16.1. The molecule has 1 fully saturated rings. The van der Waals surface area contributed by atoms with E-state index in [0.717, 1.165) is 12.8 Å². The van der Waals surface area contributed by atoms with Gasteiger partial charge in [0.2, 0.25) is 0 Å². The number of carbonyl (C=O) groups excluding carboxylic acids is 2. The SMILES string of the molecule is CCC(C)C(N)C(=O)N1CCCN1C(=O)Nc1cnccn1.Cl. The molecule has 2 unspecified atom stereocenters. The van der Waals surface area contributed by atoms with Crippen LogP contribution < -0.4 is 11.1 Å². The number of hydrazine groups is 1. The molecule has 0 spiro atoms. The molecule has 0 aliphatic carbocycles. The molecular weight excluding hydrogens is 320 g/mol. The summed E-state index contributed by atoms with van der Waals surface area (Å²) in [4.78, 5) is 32.6. The van der Waals surface area contributed by atoms with E-state index in [4.69, 9.17) is 5.73 Å². The van der Waals surface area contributed by atoms with E-state index in [0.29, 0.717) is 18.9 Å². The van der Waals surface area contributed by atoms with E-state index in [9.17, 15) is 9.59 Å². The number of rotatable bonds is 4. The van der Waals surface area contributed by atoms with Crippen LogP contribution in [0.4, 0.5) is 10.6 Å². The van der Waals surface area contributed by atoms with Crippen LogP contribution in [-0.4, -0.2) is 51.1 Å². The number of nitrogens with one attached hydrogen (secondary N) is 1. The summed E-state index contributed by atoms with van der Waals surface area (Å²) in [6, 6.07) is -1.00. The predicted molar refractivity (Wildman–Crippen MR) is 88.8 cm³/mol. The van der Waals surface area contributed by atoms with E-state index >= 15 is 0 Å². The van der Waals surface area contributed by atoms with Gasteiger partial charge in [0, 0.05) is 25.5 Å². The topological polar surface area (TPSA) is 104 Å². The zero-order valence-corrected chi connectivity index (χ0v) is 14.1. The number of halogens is 1. The minimum absolute atomic E-state index is 0. The number of hydrogen-bond donors (Lipinski definition) is 2. The van der Waals surface area contributed by atoms with Crippen LogP contribution in [0.5, 0.6) is 0 Å². The minimum Gasteiger partial charge on any atom is -0.320 e. The lowest BCUT2D eigenvalue weighted by molar-refractivity contribution is -0.142. The highest BCUT2D eigenvalue weighted by Gasteiger charge is 2.34. The Morgan fingerprint density at radius 3 is 2.65 bits per heavy atom. The number of carbonyl (C=O) groups is 2. The summed E-state index contributed by atoms with van der Waals surface area (Å²) in [5.41, 5.74) is 5.99. The van der Waals surface area contributed by atoms with Gasteiger partial charge in [0.15, 0.2) is 5.82 Å². The molecule has 2 rings (SSSR count). The van der Waals surface area contributed by atoms with Crippen molar-refractivity contribution >= 4 is 30.2 Å². The number of amides is 3. The predicted octanol–water partition coefficient (Wildman–Crippen LogP) is 1.25. The Hall–Kier alpha value is -1.93. The number of anilines is 1. The Balaban J connectivity index is 0.00000264. The van der Waals surface area contributed by atoms with E-state index in [-0.39, 0.29) is 24.2 Å². The first-order chi connectivity index (χ1) is 10.5. The maximum atomic E-state index is 12.5. The second-order valence-corrected chi connectivity index (χ2v) is 5.37. The Bertz CT molecular complexity index is 529. The van der Waals surface area contributed by atoms with E-state index < -0.39 is 12.1 Å². The first-order valence-electron chi connectivity index (χ1n) is 7.46. The van der Waals surface area contributed by atoms with E-state index in [2.05, 4.69) is 15.3 Å². The molecule has 0 bridgehead atoms. The normalized spacial score (nSPS) is 16.5. The first-order valence-corrected chi connectivity index (χ1v) is 7.46. The van der Waals surface area contributed by atoms with Gasteiger partial charge in [-0.1, -0.05) is 20.3 Å². The fourth-order valence-corrected chi connectivity index (χ4v) is 2.26. The molecular formula is C14H23ClN6O2. The molecule has 0 radical (unpaired) electrons. The standard InChI is InChI=1S/C14H22N6O2.ClH/c1-3-10(2)12(15)13(21)19-7-4-8-20(19)14(22)18-11-9-16-5-6-17-11;/h5-6,9-10,12H,3-4,7-8,15H2,1-2H3,(H,17,18,22);1H. The van der Waals surface area contributed by atoms with Crippen molar-refractivity contribution in [2.45, 2.75) is 32.7 Å². The molecule has 1 saturated heterocycles.